The molecule has 0 radical (unpaired) electrons. The summed E-state index contributed by atoms with van der Waals surface area (Å²) in [5.41, 5.74) is 3.06. The summed E-state index contributed by atoms with van der Waals surface area (Å²) < 4.78 is 0. The van der Waals surface area contributed by atoms with E-state index in [1.807, 2.05) is 0 Å². The fourth-order valence-electron chi connectivity index (χ4n) is 3.16. The lowest BCUT2D eigenvalue weighted by Gasteiger charge is -2.08. The van der Waals surface area contributed by atoms with Crippen LogP contribution in [0.2, 0.25) is 0 Å². The van der Waals surface area contributed by atoms with Crippen molar-refractivity contribution in [3.63, 3.8) is 0 Å². The fraction of sp³-hybridized carbons (Fsp3) is 0.176. The van der Waals surface area contributed by atoms with E-state index in [1.54, 1.807) is 5.56 Å². The van der Waals surface area contributed by atoms with Crippen LogP contribution < -0.4 is 0 Å². The highest BCUT2D eigenvalue weighted by Crippen LogP contribution is 2.35. The van der Waals surface area contributed by atoms with Gasteiger partial charge in [0.15, 0.2) is 0 Å². The summed E-state index contributed by atoms with van der Waals surface area (Å²) in [6, 6.07) is 17.8. The van der Waals surface area contributed by atoms with Gasteiger partial charge in [0.05, 0.1) is 0 Å². The van der Waals surface area contributed by atoms with Crippen LogP contribution in [-0.2, 0) is 12.8 Å². The number of hydrogen-bond acceptors (Lipinski definition) is 0. The van der Waals surface area contributed by atoms with Gasteiger partial charge in [-0.05, 0) is 45.5 Å². The predicted octanol–water partition coefficient (Wildman–Crippen LogP) is 4.86. The minimum atomic E-state index is 0.615. The summed E-state index contributed by atoms with van der Waals surface area (Å²) in [7, 11) is 0. The molecule has 0 bridgehead atoms. The first kappa shape index (κ1) is 10.6. The Kier molecular flexibility index (Phi) is 2.25. The van der Waals surface area contributed by atoms with Crippen molar-refractivity contribution in [3.8, 4) is 0 Å². The minimum Gasteiger partial charge on any atom is -0.0883 e. The molecule has 88 valence electrons. The molecule has 18 heavy (non-hydrogen) atoms. The van der Waals surface area contributed by atoms with Gasteiger partial charge in [0, 0.05) is 4.83 Å². The summed E-state index contributed by atoms with van der Waals surface area (Å²) >= 11 is 3.75. The van der Waals surface area contributed by atoms with Crippen LogP contribution in [0.25, 0.3) is 21.5 Å². The van der Waals surface area contributed by atoms with Crippen molar-refractivity contribution in [2.75, 3.05) is 0 Å². The number of rotatable bonds is 0. The first-order valence-electron chi connectivity index (χ1n) is 6.39. The zero-order valence-electron chi connectivity index (χ0n) is 9.99. The molecule has 4 rings (SSSR count). The Hall–Kier alpha value is -1.34. The maximum atomic E-state index is 3.75. The molecule has 0 aliphatic heterocycles. The molecule has 1 heteroatoms. The largest absolute Gasteiger partial charge is 0.0883 e. The molecule has 3 aromatic rings. The fourth-order valence-corrected chi connectivity index (χ4v) is 3.83. The van der Waals surface area contributed by atoms with Crippen LogP contribution in [0.5, 0.6) is 0 Å². The highest BCUT2D eigenvalue weighted by Gasteiger charge is 2.21. The van der Waals surface area contributed by atoms with Crippen molar-refractivity contribution < 1.29 is 0 Å². The Balaban J connectivity index is 2.14. The SMILES string of the molecule is BrC1Cc2ccc3c(ccc4ccccc43)c2C1. The number of fused-ring (bicyclic) bond motifs is 5. The van der Waals surface area contributed by atoms with E-state index in [-0.39, 0.29) is 0 Å². The smallest absolute Gasteiger partial charge is 0.0226 e. The molecule has 1 aliphatic rings. The third-order valence-electron chi connectivity index (χ3n) is 4.00. The van der Waals surface area contributed by atoms with Gasteiger partial charge in [0.25, 0.3) is 0 Å². The van der Waals surface area contributed by atoms with Gasteiger partial charge in [0.1, 0.15) is 0 Å². The molecule has 1 aliphatic carbocycles. The quantitative estimate of drug-likeness (QED) is 0.411. The van der Waals surface area contributed by atoms with Crippen molar-refractivity contribution >= 4 is 37.5 Å². The second kappa shape index (κ2) is 3.83. The Bertz CT molecular complexity index is 758. The summed E-state index contributed by atoms with van der Waals surface area (Å²) in [5, 5.41) is 5.54. The van der Waals surface area contributed by atoms with Crippen molar-refractivity contribution in [2.24, 2.45) is 0 Å². The maximum Gasteiger partial charge on any atom is 0.0226 e. The van der Waals surface area contributed by atoms with Gasteiger partial charge in [-0.1, -0.05) is 64.5 Å². The molecule has 1 unspecified atom stereocenters. The lowest BCUT2D eigenvalue weighted by molar-refractivity contribution is 0.955. The molecule has 0 amide bonds. The van der Waals surface area contributed by atoms with Crippen LogP contribution in [0.4, 0.5) is 0 Å². The highest BCUT2D eigenvalue weighted by atomic mass is 79.9. The van der Waals surface area contributed by atoms with E-state index in [9.17, 15) is 0 Å². The molecular formula is C17H13Br. The van der Waals surface area contributed by atoms with Gasteiger partial charge in [-0.3, -0.25) is 0 Å². The van der Waals surface area contributed by atoms with E-state index in [4.69, 9.17) is 0 Å². The molecule has 0 nitrogen and oxygen atoms in total. The van der Waals surface area contributed by atoms with Crippen molar-refractivity contribution in [1.29, 1.82) is 0 Å². The minimum absolute atomic E-state index is 0.615. The molecular weight excluding hydrogens is 284 g/mol. The zero-order valence-corrected chi connectivity index (χ0v) is 11.6. The molecule has 3 aromatic carbocycles. The number of halogens is 1. The Morgan fingerprint density at radius 1 is 0.778 bits per heavy atom. The number of benzene rings is 3. The zero-order chi connectivity index (χ0) is 12.1. The van der Waals surface area contributed by atoms with Crippen LogP contribution in [0.15, 0.2) is 48.5 Å². The summed E-state index contributed by atoms with van der Waals surface area (Å²) in [6.07, 6.45) is 2.32. The van der Waals surface area contributed by atoms with Gasteiger partial charge in [-0.2, -0.15) is 0 Å². The van der Waals surface area contributed by atoms with E-state index in [0.29, 0.717) is 4.83 Å². The normalized spacial score (nSPS) is 18.4. The average Bonchev–Trinajstić information content (AvgIpc) is 2.79. The molecule has 0 saturated carbocycles. The van der Waals surface area contributed by atoms with E-state index < -0.39 is 0 Å². The molecule has 1 atom stereocenters. The highest BCUT2D eigenvalue weighted by molar-refractivity contribution is 9.09. The maximum absolute atomic E-state index is 3.75. The van der Waals surface area contributed by atoms with Crippen molar-refractivity contribution in [1.82, 2.24) is 0 Å². The molecule has 0 spiro atoms. The lowest BCUT2D eigenvalue weighted by atomic mass is 9.96. The Morgan fingerprint density at radius 3 is 2.56 bits per heavy atom. The van der Waals surface area contributed by atoms with Crippen LogP contribution >= 0.6 is 15.9 Å². The third kappa shape index (κ3) is 1.44. The number of alkyl halides is 1. The van der Waals surface area contributed by atoms with Gasteiger partial charge in [-0.25, -0.2) is 0 Å². The van der Waals surface area contributed by atoms with Gasteiger partial charge < -0.3 is 0 Å². The van der Waals surface area contributed by atoms with Gasteiger partial charge >= 0.3 is 0 Å². The Labute approximate surface area is 115 Å². The van der Waals surface area contributed by atoms with Crippen molar-refractivity contribution in [2.45, 2.75) is 17.7 Å². The molecule has 0 heterocycles. The standard InChI is InChI=1S/C17H13Br/c18-13-9-12-6-8-15-14-4-2-1-3-11(14)5-7-16(15)17(12)10-13/h1-8,13H,9-10H2. The first-order valence-corrected chi connectivity index (χ1v) is 7.31. The predicted molar refractivity (Wildman–Crippen MR) is 81.6 cm³/mol. The van der Waals surface area contributed by atoms with Crippen LogP contribution in [0, 0.1) is 0 Å². The molecule has 0 aromatic heterocycles. The van der Waals surface area contributed by atoms with E-state index >= 15 is 0 Å². The topological polar surface area (TPSA) is 0 Å². The molecule has 0 N–H and O–H groups in total. The third-order valence-corrected chi connectivity index (χ3v) is 4.65. The number of hydrogen-bond donors (Lipinski definition) is 0. The molecule has 0 fully saturated rings. The molecule has 0 saturated heterocycles. The van der Waals surface area contributed by atoms with Gasteiger partial charge in [-0.15, -0.1) is 0 Å². The second-order valence-corrected chi connectivity index (χ2v) is 6.39. The monoisotopic (exact) mass is 296 g/mol. The second-order valence-electron chi connectivity index (χ2n) is 5.09. The van der Waals surface area contributed by atoms with Crippen molar-refractivity contribution in [3.05, 3.63) is 59.7 Å². The van der Waals surface area contributed by atoms with Gasteiger partial charge in [0.2, 0.25) is 0 Å². The van der Waals surface area contributed by atoms with E-state index in [0.717, 1.165) is 12.8 Å². The average molecular weight is 297 g/mol. The van der Waals surface area contributed by atoms with Crippen LogP contribution in [0.1, 0.15) is 11.1 Å². The summed E-state index contributed by atoms with van der Waals surface area (Å²) in [5.74, 6) is 0. The first-order chi connectivity index (χ1) is 8.83. The van der Waals surface area contributed by atoms with Crippen LogP contribution in [-0.4, -0.2) is 4.83 Å². The summed E-state index contributed by atoms with van der Waals surface area (Å²) in [6.45, 7) is 0. The van der Waals surface area contributed by atoms with E-state index in [2.05, 4.69) is 64.5 Å². The lowest BCUT2D eigenvalue weighted by Crippen LogP contribution is -1.93. The summed E-state index contributed by atoms with van der Waals surface area (Å²) in [4.78, 5) is 0.615. The van der Waals surface area contributed by atoms with E-state index in [1.165, 1.54) is 27.1 Å². The van der Waals surface area contributed by atoms with Crippen LogP contribution in [0.3, 0.4) is 0 Å². The Morgan fingerprint density at radius 2 is 1.61 bits per heavy atom.